The Morgan fingerprint density at radius 1 is 1.41 bits per heavy atom. The molecule has 1 saturated carbocycles. The van der Waals surface area contributed by atoms with E-state index in [9.17, 15) is 4.79 Å². The summed E-state index contributed by atoms with van der Waals surface area (Å²) in [7, 11) is 1.74. The van der Waals surface area contributed by atoms with Gasteiger partial charge in [0.25, 0.3) is 0 Å². The van der Waals surface area contributed by atoms with Crippen LogP contribution in [0.5, 0.6) is 5.88 Å². The number of amides is 1. The van der Waals surface area contributed by atoms with Crippen LogP contribution in [0.25, 0.3) is 0 Å². The molecule has 1 unspecified atom stereocenters. The average Bonchev–Trinajstić information content (AvgIpc) is 3.37. The molecule has 0 radical (unpaired) electrons. The van der Waals surface area contributed by atoms with Gasteiger partial charge >= 0.3 is 0 Å². The Labute approximate surface area is 165 Å². The molecule has 27 heavy (non-hydrogen) atoms. The number of ether oxygens (including phenoxy) is 1. The predicted octanol–water partition coefficient (Wildman–Crippen LogP) is 2.07. The second-order valence-electron chi connectivity index (χ2n) is 7.03. The number of aromatic nitrogens is 1. The van der Waals surface area contributed by atoms with Gasteiger partial charge in [0, 0.05) is 38.3 Å². The molecule has 1 saturated heterocycles. The number of nitrogens with zero attached hydrogens (tertiary/aromatic N) is 3. The summed E-state index contributed by atoms with van der Waals surface area (Å²) >= 11 is 6.02. The zero-order chi connectivity index (χ0) is 19.1. The molecule has 2 fully saturated rings. The minimum atomic E-state index is 0.229. The van der Waals surface area contributed by atoms with Crippen molar-refractivity contribution in [3.05, 3.63) is 23.4 Å². The molecule has 1 amide bonds. The molecule has 0 aromatic carbocycles. The van der Waals surface area contributed by atoms with Gasteiger partial charge in [-0.15, -0.1) is 0 Å². The van der Waals surface area contributed by atoms with Gasteiger partial charge in [-0.2, -0.15) is 0 Å². The molecule has 148 valence electrons. The van der Waals surface area contributed by atoms with E-state index < -0.39 is 0 Å². The lowest BCUT2D eigenvalue weighted by Crippen LogP contribution is -2.46. The van der Waals surface area contributed by atoms with Crippen LogP contribution in [0.3, 0.4) is 0 Å². The first kappa shape index (κ1) is 19.7. The van der Waals surface area contributed by atoms with E-state index >= 15 is 0 Å². The maximum atomic E-state index is 12.5. The zero-order valence-corrected chi connectivity index (χ0v) is 16.5. The smallest absolute Gasteiger partial charge is 0.232 e. The topological polar surface area (TPSA) is 78.9 Å². The summed E-state index contributed by atoms with van der Waals surface area (Å²) in [6.07, 6.45) is 7.07. The van der Waals surface area contributed by atoms with E-state index in [1.54, 1.807) is 25.4 Å². The fourth-order valence-electron chi connectivity index (χ4n) is 3.69. The van der Waals surface area contributed by atoms with Crippen LogP contribution in [0.2, 0.25) is 5.02 Å². The first-order valence-electron chi connectivity index (χ1n) is 9.66. The standard InChI is InChI=1S/C19H28ClN5O2/c1-21-19(23-10-12-27-17-16(20)7-4-9-22-17)24-15-8-11-25(13-15)18(26)14-5-2-3-6-14/h4,7,9,14-15H,2-3,5-6,8,10-13H2,1H3,(H2,21,23,24). The first-order chi connectivity index (χ1) is 13.2. The van der Waals surface area contributed by atoms with Crippen LogP contribution in [0.4, 0.5) is 0 Å². The van der Waals surface area contributed by atoms with Crippen LogP contribution in [0.15, 0.2) is 23.3 Å². The Hall–Kier alpha value is -2.02. The number of rotatable bonds is 6. The van der Waals surface area contributed by atoms with E-state index in [4.69, 9.17) is 16.3 Å². The number of guanidine groups is 1. The number of nitrogens with one attached hydrogen (secondary N) is 2. The van der Waals surface area contributed by atoms with Gasteiger partial charge in [-0.25, -0.2) is 4.98 Å². The summed E-state index contributed by atoms with van der Waals surface area (Å²) in [4.78, 5) is 22.9. The zero-order valence-electron chi connectivity index (χ0n) is 15.8. The second-order valence-corrected chi connectivity index (χ2v) is 7.44. The van der Waals surface area contributed by atoms with Crippen molar-refractivity contribution in [2.75, 3.05) is 33.3 Å². The summed E-state index contributed by atoms with van der Waals surface area (Å²) in [5.74, 6) is 1.73. The van der Waals surface area contributed by atoms with Gasteiger partial charge in [-0.05, 0) is 31.4 Å². The molecule has 0 spiro atoms. The van der Waals surface area contributed by atoms with Crippen LogP contribution in [-0.4, -0.2) is 61.1 Å². The van der Waals surface area contributed by atoms with Crippen molar-refractivity contribution in [3.8, 4) is 5.88 Å². The monoisotopic (exact) mass is 393 g/mol. The van der Waals surface area contributed by atoms with Crippen molar-refractivity contribution in [1.29, 1.82) is 0 Å². The Morgan fingerprint density at radius 2 is 2.22 bits per heavy atom. The van der Waals surface area contributed by atoms with E-state index in [1.165, 1.54) is 12.8 Å². The molecule has 1 aliphatic heterocycles. The molecule has 8 heteroatoms. The van der Waals surface area contributed by atoms with Gasteiger partial charge in [-0.3, -0.25) is 9.79 Å². The molecule has 1 aromatic heterocycles. The molecule has 0 bridgehead atoms. The highest BCUT2D eigenvalue weighted by atomic mass is 35.5. The molecule has 2 N–H and O–H groups in total. The van der Waals surface area contributed by atoms with Crippen molar-refractivity contribution in [3.63, 3.8) is 0 Å². The maximum Gasteiger partial charge on any atom is 0.232 e. The largest absolute Gasteiger partial charge is 0.475 e. The third kappa shape index (κ3) is 5.48. The number of carbonyl (C=O) groups is 1. The summed E-state index contributed by atoms with van der Waals surface area (Å²) < 4.78 is 5.57. The Morgan fingerprint density at radius 3 is 2.96 bits per heavy atom. The van der Waals surface area contributed by atoms with Crippen molar-refractivity contribution < 1.29 is 9.53 Å². The lowest BCUT2D eigenvalue weighted by molar-refractivity contribution is -0.134. The maximum absolute atomic E-state index is 12.5. The molecule has 7 nitrogen and oxygen atoms in total. The molecular formula is C19H28ClN5O2. The van der Waals surface area contributed by atoms with Gasteiger partial charge in [0.1, 0.15) is 11.6 Å². The minimum Gasteiger partial charge on any atom is -0.475 e. The number of halogens is 1. The van der Waals surface area contributed by atoms with Crippen molar-refractivity contribution >= 4 is 23.5 Å². The highest BCUT2D eigenvalue weighted by Gasteiger charge is 2.32. The number of pyridine rings is 1. The number of hydrogen-bond donors (Lipinski definition) is 2. The molecule has 1 aromatic rings. The number of hydrogen-bond acceptors (Lipinski definition) is 4. The number of carbonyl (C=O) groups excluding carboxylic acids is 1. The quantitative estimate of drug-likeness (QED) is 0.439. The Balaban J connectivity index is 1.37. The molecule has 1 aliphatic carbocycles. The van der Waals surface area contributed by atoms with Crippen LogP contribution < -0.4 is 15.4 Å². The molecule has 3 rings (SSSR count). The fraction of sp³-hybridized carbons (Fsp3) is 0.632. The first-order valence-corrected chi connectivity index (χ1v) is 10.0. The van der Waals surface area contributed by atoms with E-state index in [-0.39, 0.29) is 12.0 Å². The lowest BCUT2D eigenvalue weighted by Gasteiger charge is -2.21. The van der Waals surface area contributed by atoms with Crippen molar-refractivity contribution in [1.82, 2.24) is 20.5 Å². The van der Waals surface area contributed by atoms with Gasteiger partial charge in [-0.1, -0.05) is 24.4 Å². The normalized spacial score (nSPS) is 20.7. The van der Waals surface area contributed by atoms with Crippen molar-refractivity contribution in [2.45, 2.75) is 38.1 Å². The highest BCUT2D eigenvalue weighted by molar-refractivity contribution is 6.31. The van der Waals surface area contributed by atoms with Crippen LogP contribution in [0.1, 0.15) is 32.1 Å². The highest BCUT2D eigenvalue weighted by Crippen LogP contribution is 2.27. The summed E-state index contributed by atoms with van der Waals surface area (Å²) in [6.45, 7) is 2.57. The van der Waals surface area contributed by atoms with E-state index in [1.807, 2.05) is 4.90 Å². The van der Waals surface area contributed by atoms with E-state index in [0.29, 0.717) is 35.9 Å². The van der Waals surface area contributed by atoms with Crippen molar-refractivity contribution in [2.24, 2.45) is 10.9 Å². The molecule has 1 atom stereocenters. The number of aliphatic imine (C=N–C) groups is 1. The third-order valence-corrected chi connectivity index (χ3v) is 5.41. The molecule has 2 aliphatic rings. The second kappa shape index (κ2) is 9.78. The predicted molar refractivity (Wildman–Crippen MR) is 106 cm³/mol. The van der Waals surface area contributed by atoms with Crippen LogP contribution >= 0.6 is 11.6 Å². The Kier molecular flexibility index (Phi) is 7.15. The number of likely N-dealkylation sites (tertiary alicyclic amines) is 1. The summed E-state index contributed by atoms with van der Waals surface area (Å²) in [5, 5.41) is 7.12. The summed E-state index contributed by atoms with van der Waals surface area (Å²) in [5.41, 5.74) is 0. The molecular weight excluding hydrogens is 366 g/mol. The lowest BCUT2D eigenvalue weighted by atomic mass is 10.1. The van der Waals surface area contributed by atoms with Gasteiger partial charge in [0.15, 0.2) is 5.96 Å². The average molecular weight is 394 g/mol. The third-order valence-electron chi connectivity index (χ3n) is 5.13. The van der Waals surface area contributed by atoms with Gasteiger partial charge in [0.05, 0.1) is 6.54 Å². The van der Waals surface area contributed by atoms with E-state index in [2.05, 4.69) is 20.6 Å². The fourth-order valence-corrected chi connectivity index (χ4v) is 3.87. The van der Waals surface area contributed by atoms with Crippen LogP contribution in [0, 0.1) is 5.92 Å². The SMILES string of the molecule is CN=C(NCCOc1ncccc1Cl)NC1CCN(C(=O)C2CCCC2)C1. The van der Waals surface area contributed by atoms with E-state index in [0.717, 1.165) is 32.4 Å². The minimum absolute atomic E-state index is 0.229. The van der Waals surface area contributed by atoms with Gasteiger partial charge < -0.3 is 20.3 Å². The molecule has 2 heterocycles. The summed E-state index contributed by atoms with van der Waals surface area (Å²) in [6, 6.07) is 3.74. The van der Waals surface area contributed by atoms with Crippen LogP contribution in [-0.2, 0) is 4.79 Å². The van der Waals surface area contributed by atoms with Gasteiger partial charge in [0.2, 0.25) is 11.8 Å². The Bertz CT molecular complexity index is 663.